The molecule has 0 bridgehead atoms. The molecular formula is C42H38S2. The second-order valence-electron chi connectivity index (χ2n) is 11.1. The van der Waals surface area contributed by atoms with E-state index < -0.39 is 0 Å². The lowest BCUT2D eigenvalue weighted by Crippen LogP contribution is -1.97. The van der Waals surface area contributed by atoms with Gasteiger partial charge < -0.3 is 0 Å². The first kappa shape index (κ1) is 30.1. The Morgan fingerprint density at radius 3 is 0.818 bits per heavy atom. The molecular weight excluding hydrogens is 569 g/mol. The normalized spacial score (nSPS) is 12.5. The third-order valence-corrected chi connectivity index (χ3v) is 11.6. The van der Waals surface area contributed by atoms with E-state index in [2.05, 4.69) is 172 Å². The fourth-order valence-corrected chi connectivity index (χ4v) is 9.04. The van der Waals surface area contributed by atoms with Gasteiger partial charge in [-0.1, -0.05) is 157 Å². The zero-order chi connectivity index (χ0) is 30.1. The second kappa shape index (κ2) is 14.7. The maximum absolute atomic E-state index is 2.41. The molecule has 0 aliphatic rings. The predicted octanol–water partition coefficient (Wildman–Crippen LogP) is 13.3. The third kappa shape index (κ3) is 7.21. The fourth-order valence-electron chi connectivity index (χ4n) is 5.72. The van der Waals surface area contributed by atoms with Gasteiger partial charge in [-0.25, -0.2) is 0 Å². The molecule has 2 atom stereocenters. The Bertz CT molecular complexity index is 1510. The van der Waals surface area contributed by atoms with E-state index in [1.165, 1.54) is 55.6 Å². The molecule has 0 amide bonds. The standard InChI is InChI=1S/C42H38S2/c1-3-41(39-27-35(31-17-9-5-10-18-31)25-36(28-39)32-19-11-6-12-20-32)43-44-42(4-2)40-29-37(33-21-13-7-14-22-33)26-38(30-40)34-23-15-8-16-24-34/h5-30,41-42H,3-4H2,1-2H3/t41-,42-/m1/s1. The number of hydrogen-bond acceptors (Lipinski definition) is 2. The molecule has 0 unspecified atom stereocenters. The summed E-state index contributed by atoms with van der Waals surface area (Å²) in [5, 5.41) is 0.761. The van der Waals surface area contributed by atoms with Crippen LogP contribution in [0, 0.1) is 0 Å². The largest absolute Gasteiger partial charge is 0.0853 e. The van der Waals surface area contributed by atoms with E-state index in [0.717, 1.165) is 12.8 Å². The lowest BCUT2D eigenvalue weighted by atomic mass is 9.94. The Kier molecular flexibility index (Phi) is 10.0. The zero-order valence-electron chi connectivity index (χ0n) is 25.4. The smallest absolute Gasteiger partial charge is 0.0399 e. The summed E-state index contributed by atoms with van der Waals surface area (Å²) in [5.41, 5.74) is 12.9. The van der Waals surface area contributed by atoms with Crippen molar-refractivity contribution in [2.75, 3.05) is 0 Å². The Hall–Kier alpha value is -3.98. The highest BCUT2D eigenvalue weighted by Crippen LogP contribution is 2.50. The molecule has 6 aromatic carbocycles. The van der Waals surface area contributed by atoms with Crippen molar-refractivity contribution in [1.29, 1.82) is 0 Å². The van der Waals surface area contributed by atoms with Gasteiger partial charge in [-0.05, 0) is 105 Å². The van der Waals surface area contributed by atoms with Crippen LogP contribution in [0.2, 0.25) is 0 Å². The first-order chi connectivity index (χ1) is 21.7. The van der Waals surface area contributed by atoms with Crippen LogP contribution in [0.3, 0.4) is 0 Å². The molecule has 0 aromatic heterocycles. The van der Waals surface area contributed by atoms with Crippen molar-refractivity contribution in [3.8, 4) is 44.5 Å². The monoisotopic (exact) mass is 606 g/mol. The average Bonchev–Trinajstić information content (AvgIpc) is 3.11. The quantitative estimate of drug-likeness (QED) is 0.135. The van der Waals surface area contributed by atoms with E-state index in [1.54, 1.807) is 0 Å². The summed E-state index contributed by atoms with van der Waals surface area (Å²) in [6.07, 6.45) is 2.14. The van der Waals surface area contributed by atoms with E-state index >= 15 is 0 Å². The van der Waals surface area contributed by atoms with E-state index in [0.29, 0.717) is 10.5 Å². The van der Waals surface area contributed by atoms with E-state index in [1.807, 2.05) is 21.6 Å². The van der Waals surface area contributed by atoms with Crippen molar-refractivity contribution in [3.63, 3.8) is 0 Å². The van der Waals surface area contributed by atoms with Gasteiger partial charge in [-0.3, -0.25) is 0 Å². The van der Waals surface area contributed by atoms with Crippen LogP contribution in [0.15, 0.2) is 158 Å². The van der Waals surface area contributed by atoms with Crippen LogP contribution < -0.4 is 0 Å². The van der Waals surface area contributed by atoms with Gasteiger partial charge in [-0.2, -0.15) is 0 Å². The van der Waals surface area contributed by atoms with Gasteiger partial charge in [0.05, 0.1) is 0 Å². The number of benzene rings is 6. The van der Waals surface area contributed by atoms with Crippen molar-refractivity contribution in [3.05, 3.63) is 169 Å². The van der Waals surface area contributed by atoms with Gasteiger partial charge in [-0.15, -0.1) is 0 Å². The molecule has 0 aliphatic carbocycles. The van der Waals surface area contributed by atoms with Crippen molar-refractivity contribution in [2.24, 2.45) is 0 Å². The number of rotatable bonds is 11. The molecule has 2 heteroatoms. The highest BCUT2D eigenvalue weighted by molar-refractivity contribution is 8.76. The second-order valence-corrected chi connectivity index (χ2v) is 13.8. The zero-order valence-corrected chi connectivity index (χ0v) is 27.0. The summed E-state index contributed by atoms with van der Waals surface area (Å²) in [7, 11) is 4.06. The van der Waals surface area contributed by atoms with Gasteiger partial charge in [0.2, 0.25) is 0 Å². The minimum atomic E-state index is 0.381. The van der Waals surface area contributed by atoms with E-state index in [9.17, 15) is 0 Å². The van der Waals surface area contributed by atoms with Gasteiger partial charge >= 0.3 is 0 Å². The predicted molar refractivity (Wildman–Crippen MR) is 196 cm³/mol. The summed E-state index contributed by atoms with van der Waals surface area (Å²) in [4.78, 5) is 0. The first-order valence-corrected chi connectivity index (χ1v) is 17.8. The molecule has 0 heterocycles. The molecule has 6 aromatic rings. The SMILES string of the molecule is CC[C@@H](SS[C@H](CC)c1cc(-c2ccccc2)cc(-c2ccccc2)c1)c1cc(-c2ccccc2)cc(-c2ccccc2)c1. The molecule has 0 spiro atoms. The molecule has 6 rings (SSSR count). The van der Waals surface area contributed by atoms with Crippen LogP contribution in [0.4, 0.5) is 0 Å². The minimum Gasteiger partial charge on any atom is -0.0853 e. The summed E-state index contributed by atoms with van der Waals surface area (Å²) in [6, 6.07) is 57.5. The average molecular weight is 607 g/mol. The van der Waals surface area contributed by atoms with Gasteiger partial charge in [0, 0.05) is 10.5 Å². The molecule has 0 nitrogen and oxygen atoms in total. The molecule has 44 heavy (non-hydrogen) atoms. The summed E-state index contributed by atoms with van der Waals surface area (Å²) in [5.74, 6) is 0. The molecule has 0 N–H and O–H groups in total. The summed E-state index contributed by atoms with van der Waals surface area (Å²) >= 11 is 0. The summed E-state index contributed by atoms with van der Waals surface area (Å²) in [6.45, 7) is 4.64. The van der Waals surface area contributed by atoms with Gasteiger partial charge in [0.1, 0.15) is 0 Å². The molecule has 218 valence electrons. The van der Waals surface area contributed by atoms with Crippen LogP contribution in [0.25, 0.3) is 44.5 Å². The van der Waals surface area contributed by atoms with Gasteiger partial charge in [0.15, 0.2) is 0 Å². The van der Waals surface area contributed by atoms with E-state index in [4.69, 9.17) is 0 Å². The van der Waals surface area contributed by atoms with Crippen LogP contribution in [-0.4, -0.2) is 0 Å². The molecule has 0 aliphatic heterocycles. The minimum absolute atomic E-state index is 0.381. The van der Waals surface area contributed by atoms with Crippen molar-refractivity contribution >= 4 is 21.6 Å². The number of hydrogen-bond donors (Lipinski definition) is 0. The first-order valence-electron chi connectivity index (χ1n) is 15.6. The van der Waals surface area contributed by atoms with E-state index in [-0.39, 0.29) is 0 Å². The highest BCUT2D eigenvalue weighted by Gasteiger charge is 2.19. The van der Waals surface area contributed by atoms with Crippen LogP contribution in [-0.2, 0) is 0 Å². The lowest BCUT2D eigenvalue weighted by Gasteiger charge is -2.22. The summed E-state index contributed by atoms with van der Waals surface area (Å²) < 4.78 is 0. The highest BCUT2D eigenvalue weighted by atomic mass is 33.1. The molecule has 0 saturated heterocycles. The Morgan fingerprint density at radius 2 is 0.591 bits per heavy atom. The van der Waals surface area contributed by atoms with Crippen LogP contribution >= 0.6 is 21.6 Å². The van der Waals surface area contributed by atoms with Crippen molar-refractivity contribution in [1.82, 2.24) is 0 Å². The van der Waals surface area contributed by atoms with Crippen LogP contribution in [0.5, 0.6) is 0 Å². The third-order valence-electron chi connectivity index (χ3n) is 8.11. The fraction of sp³-hybridized carbons (Fsp3) is 0.143. The topological polar surface area (TPSA) is 0 Å². The van der Waals surface area contributed by atoms with Crippen molar-refractivity contribution in [2.45, 2.75) is 37.2 Å². The lowest BCUT2D eigenvalue weighted by molar-refractivity contribution is 0.894. The Labute approximate surface area is 271 Å². The maximum atomic E-state index is 2.41. The Morgan fingerprint density at radius 1 is 0.341 bits per heavy atom. The maximum Gasteiger partial charge on any atom is 0.0399 e. The van der Waals surface area contributed by atoms with Crippen molar-refractivity contribution < 1.29 is 0 Å². The van der Waals surface area contributed by atoms with Crippen LogP contribution in [0.1, 0.15) is 48.3 Å². The van der Waals surface area contributed by atoms with Gasteiger partial charge in [0.25, 0.3) is 0 Å². The molecule has 0 fully saturated rings. The molecule has 0 radical (unpaired) electrons. The Balaban J connectivity index is 1.32. The molecule has 0 saturated carbocycles.